The fourth-order valence-electron chi connectivity index (χ4n) is 2.66. The molecule has 0 atom stereocenters. The molecule has 26 heavy (non-hydrogen) atoms. The van der Waals surface area contributed by atoms with E-state index in [2.05, 4.69) is 10.3 Å². The lowest BCUT2D eigenvalue weighted by Crippen LogP contribution is -2.14. The molecule has 1 aromatic heterocycles. The number of nitrogens with one attached hydrogen (secondary N) is 1. The summed E-state index contributed by atoms with van der Waals surface area (Å²) >= 11 is 1.47. The van der Waals surface area contributed by atoms with Gasteiger partial charge >= 0.3 is 0 Å². The van der Waals surface area contributed by atoms with Crippen LogP contribution in [-0.2, 0) is 11.2 Å². The molecule has 0 spiro atoms. The van der Waals surface area contributed by atoms with Crippen LogP contribution in [0, 0.1) is 6.92 Å². The van der Waals surface area contributed by atoms with E-state index in [9.17, 15) is 4.79 Å². The number of aromatic nitrogens is 1. The highest BCUT2D eigenvalue weighted by Crippen LogP contribution is 2.32. The largest absolute Gasteiger partial charge is 0.497 e. The van der Waals surface area contributed by atoms with Crippen LogP contribution in [0.4, 0.5) is 5.13 Å². The van der Waals surface area contributed by atoms with Crippen LogP contribution >= 0.6 is 11.3 Å². The second-order valence-corrected chi connectivity index (χ2v) is 6.70. The summed E-state index contributed by atoms with van der Waals surface area (Å²) in [5.74, 6) is 1.19. The summed E-state index contributed by atoms with van der Waals surface area (Å²) in [6.45, 7) is 1.94. The number of hydrogen-bond donors (Lipinski definition) is 1. The molecule has 5 nitrogen and oxygen atoms in total. The minimum atomic E-state index is -0.148. The molecule has 3 rings (SSSR count). The quantitative estimate of drug-likeness (QED) is 0.704. The zero-order chi connectivity index (χ0) is 18.5. The Labute approximate surface area is 156 Å². The number of anilines is 1. The fourth-order valence-corrected chi connectivity index (χ4v) is 3.65. The fraction of sp³-hybridized carbons (Fsp3) is 0.200. The molecule has 1 amide bonds. The van der Waals surface area contributed by atoms with E-state index in [-0.39, 0.29) is 12.3 Å². The van der Waals surface area contributed by atoms with Gasteiger partial charge in [-0.1, -0.05) is 41.7 Å². The molecule has 0 saturated carbocycles. The Balaban J connectivity index is 1.75. The number of aryl methyl sites for hydroxylation is 1. The Morgan fingerprint density at radius 1 is 1.12 bits per heavy atom. The minimum Gasteiger partial charge on any atom is -0.497 e. The van der Waals surface area contributed by atoms with Crippen molar-refractivity contribution in [1.29, 1.82) is 0 Å². The van der Waals surface area contributed by atoms with Gasteiger partial charge in [-0.05, 0) is 30.7 Å². The topological polar surface area (TPSA) is 60.5 Å². The monoisotopic (exact) mass is 368 g/mol. The summed E-state index contributed by atoms with van der Waals surface area (Å²) in [7, 11) is 3.18. The molecule has 134 valence electrons. The van der Waals surface area contributed by atoms with Crippen molar-refractivity contribution in [2.24, 2.45) is 0 Å². The Bertz CT molecular complexity index is 907. The first kappa shape index (κ1) is 17.9. The first-order valence-corrected chi connectivity index (χ1v) is 8.96. The van der Waals surface area contributed by atoms with E-state index in [0.29, 0.717) is 16.6 Å². The van der Waals surface area contributed by atoms with E-state index in [1.54, 1.807) is 32.4 Å². The van der Waals surface area contributed by atoms with E-state index in [1.165, 1.54) is 11.3 Å². The molecule has 2 aromatic carbocycles. The number of thiazole rings is 1. The van der Waals surface area contributed by atoms with Gasteiger partial charge < -0.3 is 14.8 Å². The van der Waals surface area contributed by atoms with Gasteiger partial charge in [0.15, 0.2) is 5.13 Å². The highest BCUT2D eigenvalue weighted by atomic mass is 32.1. The summed E-state index contributed by atoms with van der Waals surface area (Å²) in [6, 6.07) is 15.4. The number of rotatable bonds is 6. The molecular weight excluding hydrogens is 348 g/mol. The van der Waals surface area contributed by atoms with Crippen molar-refractivity contribution in [3.63, 3.8) is 0 Å². The molecule has 0 fully saturated rings. The van der Waals surface area contributed by atoms with E-state index in [1.807, 2.05) is 37.3 Å². The van der Waals surface area contributed by atoms with Crippen molar-refractivity contribution in [2.45, 2.75) is 13.3 Å². The summed E-state index contributed by atoms with van der Waals surface area (Å²) in [5.41, 5.74) is 2.76. The number of ether oxygens (including phenoxy) is 2. The maximum atomic E-state index is 12.5. The van der Waals surface area contributed by atoms with Gasteiger partial charge in [0.25, 0.3) is 0 Å². The highest BCUT2D eigenvalue weighted by Gasteiger charge is 2.14. The molecule has 0 radical (unpaired) electrons. The molecule has 6 heteroatoms. The molecular formula is C20H20N2O3S. The standard InChI is InChI=1S/C20H20N2O3S/c1-13-19(14-7-5-4-6-8-14)26-20(21-13)22-18(23)12-15-11-16(24-2)9-10-17(15)25-3/h4-11H,12H2,1-3H3,(H,21,22,23). The molecule has 0 aliphatic rings. The van der Waals surface area contributed by atoms with Crippen LogP contribution in [-0.4, -0.2) is 25.1 Å². The van der Waals surface area contributed by atoms with Crippen molar-refractivity contribution < 1.29 is 14.3 Å². The summed E-state index contributed by atoms with van der Waals surface area (Å²) in [5, 5.41) is 3.47. The molecule has 1 N–H and O–H groups in total. The first-order chi connectivity index (χ1) is 12.6. The maximum Gasteiger partial charge on any atom is 0.230 e. The summed E-state index contributed by atoms with van der Waals surface area (Å²) < 4.78 is 10.6. The van der Waals surface area contributed by atoms with Gasteiger partial charge in [0.2, 0.25) is 5.91 Å². The van der Waals surface area contributed by atoms with Crippen LogP contribution < -0.4 is 14.8 Å². The second-order valence-electron chi connectivity index (χ2n) is 5.70. The van der Waals surface area contributed by atoms with Crippen LogP contribution in [0.5, 0.6) is 11.5 Å². The molecule has 0 bridgehead atoms. The second kappa shape index (κ2) is 8.01. The van der Waals surface area contributed by atoms with Crippen molar-refractivity contribution >= 4 is 22.4 Å². The predicted octanol–water partition coefficient (Wildman–Crippen LogP) is 4.32. The third-order valence-electron chi connectivity index (χ3n) is 3.92. The number of nitrogens with zero attached hydrogens (tertiary/aromatic N) is 1. The third kappa shape index (κ3) is 4.03. The van der Waals surface area contributed by atoms with Crippen LogP contribution in [0.15, 0.2) is 48.5 Å². The molecule has 0 aliphatic carbocycles. The lowest BCUT2D eigenvalue weighted by atomic mass is 10.1. The van der Waals surface area contributed by atoms with E-state index in [0.717, 1.165) is 21.7 Å². The predicted molar refractivity (Wildman–Crippen MR) is 104 cm³/mol. The number of methoxy groups -OCH3 is 2. The Morgan fingerprint density at radius 2 is 1.88 bits per heavy atom. The molecule has 0 aliphatic heterocycles. The Morgan fingerprint density at radius 3 is 2.58 bits per heavy atom. The van der Waals surface area contributed by atoms with E-state index >= 15 is 0 Å². The molecule has 0 saturated heterocycles. The average molecular weight is 368 g/mol. The van der Waals surface area contributed by atoms with E-state index in [4.69, 9.17) is 9.47 Å². The van der Waals surface area contributed by atoms with Gasteiger partial charge in [0.1, 0.15) is 11.5 Å². The zero-order valence-electron chi connectivity index (χ0n) is 14.9. The van der Waals surface area contributed by atoms with Crippen LogP contribution in [0.1, 0.15) is 11.3 Å². The SMILES string of the molecule is COc1ccc(OC)c(CC(=O)Nc2nc(C)c(-c3ccccc3)s2)c1. The average Bonchev–Trinajstić information content (AvgIpc) is 3.02. The Kier molecular flexibility index (Phi) is 5.53. The van der Waals surface area contributed by atoms with Crippen molar-refractivity contribution in [3.05, 3.63) is 59.8 Å². The normalized spacial score (nSPS) is 10.4. The summed E-state index contributed by atoms with van der Waals surface area (Å²) in [6.07, 6.45) is 0.180. The lowest BCUT2D eigenvalue weighted by Gasteiger charge is -2.10. The van der Waals surface area contributed by atoms with Crippen LogP contribution in [0.2, 0.25) is 0 Å². The third-order valence-corrected chi connectivity index (χ3v) is 5.04. The molecule has 0 unspecified atom stereocenters. The van der Waals surface area contributed by atoms with Gasteiger partial charge in [-0.25, -0.2) is 4.98 Å². The van der Waals surface area contributed by atoms with Gasteiger partial charge in [0.05, 0.1) is 31.2 Å². The van der Waals surface area contributed by atoms with Crippen LogP contribution in [0.3, 0.4) is 0 Å². The first-order valence-electron chi connectivity index (χ1n) is 8.14. The lowest BCUT2D eigenvalue weighted by molar-refractivity contribution is -0.115. The minimum absolute atomic E-state index is 0.148. The van der Waals surface area contributed by atoms with Crippen molar-refractivity contribution in [3.8, 4) is 21.9 Å². The van der Waals surface area contributed by atoms with Crippen molar-refractivity contribution in [1.82, 2.24) is 4.98 Å². The van der Waals surface area contributed by atoms with Gasteiger partial charge in [-0.3, -0.25) is 4.79 Å². The van der Waals surface area contributed by atoms with E-state index < -0.39 is 0 Å². The number of hydrogen-bond acceptors (Lipinski definition) is 5. The smallest absolute Gasteiger partial charge is 0.230 e. The van der Waals surface area contributed by atoms with Gasteiger partial charge in [-0.15, -0.1) is 0 Å². The number of benzene rings is 2. The van der Waals surface area contributed by atoms with Crippen LogP contribution in [0.25, 0.3) is 10.4 Å². The molecule has 3 aromatic rings. The Hall–Kier alpha value is -2.86. The zero-order valence-corrected chi connectivity index (χ0v) is 15.7. The summed E-state index contributed by atoms with van der Waals surface area (Å²) in [4.78, 5) is 18.0. The van der Waals surface area contributed by atoms with Gasteiger partial charge in [0, 0.05) is 5.56 Å². The van der Waals surface area contributed by atoms with Gasteiger partial charge in [-0.2, -0.15) is 0 Å². The molecule has 1 heterocycles. The maximum absolute atomic E-state index is 12.5. The van der Waals surface area contributed by atoms with Crippen molar-refractivity contribution in [2.75, 3.05) is 19.5 Å². The highest BCUT2D eigenvalue weighted by molar-refractivity contribution is 7.19. The number of amides is 1. The number of carbonyl (C=O) groups excluding carboxylic acids is 1. The number of carbonyl (C=O) groups is 1.